The summed E-state index contributed by atoms with van der Waals surface area (Å²) in [6.45, 7) is 0.438. The number of aromatic nitrogens is 4. The van der Waals surface area contributed by atoms with Crippen molar-refractivity contribution in [3.8, 4) is 22.8 Å². The lowest BCUT2D eigenvalue weighted by Crippen LogP contribution is -2.25. The fraction of sp³-hybridized carbons (Fsp3) is 0.435. The average molecular weight is 453 g/mol. The van der Waals surface area contributed by atoms with Crippen molar-refractivity contribution in [2.45, 2.75) is 51.2 Å². The third kappa shape index (κ3) is 5.28. The monoisotopic (exact) mass is 453 g/mol. The average Bonchev–Trinajstić information content (AvgIpc) is 3.47. The number of hydrogen-bond acceptors (Lipinski definition) is 7. The van der Waals surface area contributed by atoms with Crippen LogP contribution in [-0.4, -0.2) is 50.6 Å². The van der Waals surface area contributed by atoms with Crippen LogP contribution in [0.25, 0.3) is 22.8 Å². The molecule has 0 unspecified atom stereocenters. The third-order valence-corrected chi connectivity index (χ3v) is 5.76. The van der Waals surface area contributed by atoms with Gasteiger partial charge >= 0.3 is 5.97 Å². The van der Waals surface area contributed by atoms with Gasteiger partial charge in [0.15, 0.2) is 0 Å². The Morgan fingerprint density at radius 2 is 2.09 bits per heavy atom. The molecular formula is C23H27N5O5. The third-order valence-electron chi connectivity index (χ3n) is 5.76. The largest absolute Gasteiger partial charge is 0.481 e. The Morgan fingerprint density at radius 1 is 1.27 bits per heavy atom. The van der Waals surface area contributed by atoms with E-state index in [1.807, 2.05) is 4.68 Å². The van der Waals surface area contributed by atoms with Gasteiger partial charge in [-0.3, -0.25) is 14.3 Å². The van der Waals surface area contributed by atoms with Crippen LogP contribution in [0.4, 0.5) is 0 Å². The van der Waals surface area contributed by atoms with Crippen molar-refractivity contribution in [1.29, 1.82) is 0 Å². The maximum atomic E-state index is 12.3. The number of carbonyl (C=O) groups excluding carboxylic acids is 1. The standard InChI is InChI=1S/C23H27N5O5/c1-32-14-19-18(13-25-28(19)17-8-3-2-4-9-17)23-26-21(27-33-23)15-6-5-7-16(12-15)22(31)24-11-10-20(29)30/h5-7,12-13,17H,2-4,8-11,14H2,1H3,(H,24,31)(H,29,30). The molecule has 0 spiro atoms. The van der Waals surface area contributed by atoms with Crippen LogP contribution >= 0.6 is 0 Å². The van der Waals surface area contributed by atoms with Crippen LogP contribution in [0.2, 0.25) is 0 Å². The Balaban J connectivity index is 1.55. The van der Waals surface area contributed by atoms with E-state index in [1.54, 1.807) is 37.6 Å². The van der Waals surface area contributed by atoms with Crippen molar-refractivity contribution >= 4 is 11.9 Å². The van der Waals surface area contributed by atoms with E-state index in [1.165, 1.54) is 19.3 Å². The number of ether oxygens (including phenoxy) is 1. The molecule has 2 N–H and O–H groups in total. The van der Waals surface area contributed by atoms with Crippen LogP contribution in [0.1, 0.15) is 60.6 Å². The molecular weight excluding hydrogens is 426 g/mol. The van der Waals surface area contributed by atoms with Gasteiger partial charge in [0.25, 0.3) is 11.8 Å². The Bertz CT molecular complexity index is 1120. The van der Waals surface area contributed by atoms with Gasteiger partial charge in [-0.25, -0.2) is 0 Å². The maximum absolute atomic E-state index is 12.3. The normalized spacial score (nSPS) is 14.3. The van der Waals surface area contributed by atoms with E-state index in [4.69, 9.17) is 14.4 Å². The maximum Gasteiger partial charge on any atom is 0.305 e. The minimum Gasteiger partial charge on any atom is -0.481 e. The summed E-state index contributed by atoms with van der Waals surface area (Å²) in [6.07, 6.45) is 7.43. The van der Waals surface area contributed by atoms with Crippen LogP contribution in [0.15, 0.2) is 35.0 Å². The van der Waals surface area contributed by atoms with Crippen molar-refractivity contribution in [2.24, 2.45) is 0 Å². The van der Waals surface area contributed by atoms with Crippen LogP contribution in [0.5, 0.6) is 0 Å². The lowest BCUT2D eigenvalue weighted by atomic mass is 9.95. The molecule has 1 amide bonds. The number of aliphatic carboxylic acids is 1. The molecule has 1 saturated carbocycles. The van der Waals surface area contributed by atoms with Crippen molar-refractivity contribution in [1.82, 2.24) is 25.2 Å². The Labute approximate surface area is 190 Å². The zero-order valence-corrected chi connectivity index (χ0v) is 18.5. The molecule has 3 aromatic rings. The molecule has 2 heterocycles. The molecule has 0 radical (unpaired) electrons. The number of benzene rings is 1. The lowest BCUT2D eigenvalue weighted by Gasteiger charge is -2.24. The smallest absolute Gasteiger partial charge is 0.305 e. The van der Waals surface area contributed by atoms with Gasteiger partial charge in [-0.15, -0.1) is 0 Å². The zero-order valence-electron chi connectivity index (χ0n) is 18.5. The van der Waals surface area contributed by atoms with Crippen LogP contribution in [0, 0.1) is 0 Å². The summed E-state index contributed by atoms with van der Waals surface area (Å²) in [7, 11) is 1.65. The molecule has 10 nitrogen and oxygen atoms in total. The highest BCUT2D eigenvalue weighted by atomic mass is 16.5. The molecule has 0 atom stereocenters. The van der Waals surface area contributed by atoms with E-state index < -0.39 is 5.97 Å². The molecule has 0 aliphatic heterocycles. The van der Waals surface area contributed by atoms with E-state index in [9.17, 15) is 9.59 Å². The van der Waals surface area contributed by atoms with Gasteiger partial charge in [-0.2, -0.15) is 10.1 Å². The fourth-order valence-electron chi connectivity index (χ4n) is 4.12. The van der Waals surface area contributed by atoms with E-state index >= 15 is 0 Å². The van der Waals surface area contributed by atoms with Gasteiger partial charge in [0.2, 0.25) is 5.82 Å². The number of nitrogens with zero attached hydrogens (tertiary/aromatic N) is 4. The summed E-state index contributed by atoms with van der Waals surface area (Å²) in [5.74, 6) is -0.643. The number of carboxylic acids is 1. The van der Waals surface area contributed by atoms with E-state index in [2.05, 4.69) is 20.6 Å². The molecule has 1 aromatic carbocycles. The van der Waals surface area contributed by atoms with Crippen LogP contribution in [0.3, 0.4) is 0 Å². The molecule has 4 rings (SSSR count). The van der Waals surface area contributed by atoms with Crippen molar-refractivity contribution in [3.63, 3.8) is 0 Å². The predicted octanol–water partition coefficient (Wildman–Crippen LogP) is 3.46. The summed E-state index contributed by atoms with van der Waals surface area (Å²) in [5, 5.41) is 20.0. The molecule has 1 aliphatic rings. The second-order valence-corrected chi connectivity index (χ2v) is 8.08. The highest BCUT2D eigenvalue weighted by molar-refractivity contribution is 5.95. The van der Waals surface area contributed by atoms with Gasteiger partial charge < -0.3 is 19.7 Å². The minimum atomic E-state index is -0.969. The van der Waals surface area contributed by atoms with Crippen LogP contribution < -0.4 is 5.32 Å². The molecule has 0 saturated heterocycles. The van der Waals surface area contributed by atoms with Crippen molar-refractivity contribution < 1.29 is 24.0 Å². The Hall–Kier alpha value is -3.53. The van der Waals surface area contributed by atoms with E-state index in [0.29, 0.717) is 35.5 Å². The summed E-state index contributed by atoms with van der Waals surface area (Å²) >= 11 is 0. The highest BCUT2D eigenvalue weighted by Crippen LogP contribution is 2.33. The quantitative estimate of drug-likeness (QED) is 0.503. The van der Waals surface area contributed by atoms with Crippen molar-refractivity contribution in [2.75, 3.05) is 13.7 Å². The number of methoxy groups -OCH3 is 1. The topological polar surface area (TPSA) is 132 Å². The highest BCUT2D eigenvalue weighted by Gasteiger charge is 2.24. The number of nitrogens with one attached hydrogen (secondary N) is 1. The van der Waals surface area contributed by atoms with Gasteiger partial charge in [0.1, 0.15) is 0 Å². The molecule has 1 fully saturated rings. The van der Waals surface area contributed by atoms with Gasteiger partial charge in [0.05, 0.1) is 36.5 Å². The lowest BCUT2D eigenvalue weighted by molar-refractivity contribution is -0.136. The van der Waals surface area contributed by atoms with E-state index in [0.717, 1.165) is 24.1 Å². The second kappa shape index (κ2) is 10.4. The zero-order chi connectivity index (χ0) is 23.2. The summed E-state index contributed by atoms with van der Waals surface area (Å²) in [6, 6.07) is 7.13. The number of carbonyl (C=O) groups is 2. The first kappa shape index (κ1) is 22.7. The second-order valence-electron chi connectivity index (χ2n) is 8.08. The SMILES string of the molecule is COCc1c(-c2nc(-c3cccc(C(=O)NCCC(=O)O)c3)no2)cnn1C1CCCCC1. The van der Waals surface area contributed by atoms with Crippen molar-refractivity contribution in [3.05, 3.63) is 41.7 Å². The van der Waals surface area contributed by atoms with Gasteiger partial charge in [0, 0.05) is 24.8 Å². The molecule has 2 aromatic heterocycles. The number of rotatable bonds is 9. The van der Waals surface area contributed by atoms with Crippen LogP contribution in [-0.2, 0) is 16.1 Å². The van der Waals surface area contributed by atoms with Gasteiger partial charge in [-0.05, 0) is 25.0 Å². The summed E-state index contributed by atoms with van der Waals surface area (Å²) in [4.78, 5) is 27.5. The van der Waals surface area contributed by atoms with Gasteiger partial charge in [-0.1, -0.05) is 36.6 Å². The minimum absolute atomic E-state index is 0.0536. The summed E-state index contributed by atoms with van der Waals surface area (Å²) in [5.41, 5.74) is 2.65. The number of hydrogen-bond donors (Lipinski definition) is 2. The first-order valence-electron chi connectivity index (χ1n) is 11.1. The first-order valence-corrected chi connectivity index (χ1v) is 11.1. The number of carboxylic acid groups (broad SMARTS) is 1. The number of amides is 1. The summed E-state index contributed by atoms with van der Waals surface area (Å²) < 4.78 is 13.0. The Morgan fingerprint density at radius 3 is 2.85 bits per heavy atom. The molecule has 33 heavy (non-hydrogen) atoms. The molecule has 0 bridgehead atoms. The molecule has 174 valence electrons. The van der Waals surface area contributed by atoms with E-state index in [-0.39, 0.29) is 18.9 Å². The predicted molar refractivity (Wildman–Crippen MR) is 118 cm³/mol. The fourth-order valence-corrected chi connectivity index (χ4v) is 4.12. The first-order chi connectivity index (χ1) is 16.1. The molecule has 10 heteroatoms. The Kier molecular flexibility index (Phi) is 7.13. The molecule has 1 aliphatic carbocycles.